The lowest BCUT2D eigenvalue weighted by atomic mass is 10.1. The summed E-state index contributed by atoms with van der Waals surface area (Å²) in [6.07, 6.45) is 5.26. The molecule has 1 heterocycles. The van der Waals surface area contributed by atoms with Crippen molar-refractivity contribution < 1.29 is 9.53 Å². The van der Waals surface area contributed by atoms with Gasteiger partial charge in [0.1, 0.15) is 11.6 Å². The summed E-state index contributed by atoms with van der Waals surface area (Å²) in [5, 5.41) is 3.23. The van der Waals surface area contributed by atoms with Gasteiger partial charge in [0, 0.05) is 11.2 Å². The average Bonchev–Trinajstić information content (AvgIpc) is 2.67. The molecule has 136 valence electrons. The maximum atomic E-state index is 11.8. The van der Waals surface area contributed by atoms with E-state index in [0.29, 0.717) is 10.8 Å². The second-order valence-corrected chi connectivity index (χ2v) is 6.02. The zero-order chi connectivity index (χ0) is 19.1. The third-order valence-corrected chi connectivity index (χ3v) is 3.79. The molecule has 0 aliphatic carbocycles. The van der Waals surface area contributed by atoms with Gasteiger partial charge in [-0.1, -0.05) is 48.0 Å². The topological polar surface area (TPSA) is 84.1 Å². The molecule has 6 nitrogen and oxygen atoms in total. The molecule has 0 spiro atoms. The Hall–Kier alpha value is -3.38. The molecule has 0 aliphatic heterocycles. The molecule has 7 heteroatoms. The first-order valence-corrected chi connectivity index (χ1v) is 8.48. The summed E-state index contributed by atoms with van der Waals surface area (Å²) in [6.45, 7) is -0.176. The minimum Gasteiger partial charge on any atom is -0.484 e. The number of aromatic amines is 1. The number of anilines is 1. The van der Waals surface area contributed by atoms with E-state index in [1.807, 2.05) is 48.6 Å². The van der Waals surface area contributed by atoms with Gasteiger partial charge in [-0.2, -0.15) is 0 Å². The molecule has 1 aromatic heterocycles. The minimum atomic E-state index is -0.532. The smallest absolute Gasteiger partial charge is 0.346 e. The van der Waals surface area contributed by atoms with Gasteiger partial charge >= 0.3 is 5.69 Å². The van der Waals surface area contributed by atoms with Crippen molar-refractivity contribution >= 4 is 35.5 Å². The van der Waals surface area contributed by atoms with E-state index in [-0.39, 0.29) is 18.3 Å². The highest BCUT2D eigenvalue weighted by Crippen LogP contribution is 2.16. The normalized spacial score (nSPS) is 10.7. The van der Waals surface area contributed by atoms with Crippen LogP contribution in [0, 0.1) is 0 Å². The summed E-state index contributed by atoms with van der Waals surface area (Å²) in [5.74, 6) is 0.451. The van der Waals surface area contributed by atoms with Crippen LogP contribution in [-0.2, 0) is 4.79 Å². The first-order chi connectivity index (χ1) is 13.1. The molecule has 2 N–H and O–H groups in total. The molecule has 0 saturated carbocycles. The Labute approximate surface area is 160 Å². The van der Waals surface area contributed by atoms with Crippen molar-refractivity contribution in [3.05, 3.63) is 87.4 Å². The number of rotatable bonds is 6. The Bertz CT molecular complexity index is 996. The third kappa shape index (κ3) is 5.83. The van der Waals surface area contributed by atoms with Gasteiger partial charge in [-0.25, -0.2) is 9.78 Å². The van der Waals surface area contributed by atoms with Gasteiger partial charge in [-0.15, -0.1) is 0 Å². The molecule has 0 radical (unpaired) electrons. The van der Waals surface area contributed by atoms with Gasteiger partial charge in [-0.3, -0.25) is 9.78 Å². The number of carbonyl (C=O) groups excluding carboxylic acids is 1. The van der Waals surface area contributed by atoms with Crippen LogP contribution < -0.4 is 15.7 Å². The maximum absolute atomic E-state index is 11.8. The van der Waals surface area contributed by atoms with E-state index in [2.05, 4.69) is 15.3 Å². The molecule has 0 fully saturated rings. The Morgan fingerprint density at radius 2 is 1.67 bits per heavy atom. The number of ether oxygens (including phenoxy) is 1. The van der Waals surface area contributed by atoms with Gasteiger partial charge in [-0.05, 0) is 41.5 Å². The van der Waals surface area contributed by atoms with E-state index in [9.17, 15) is 9.59 Å². The lowest BCUT2D eigenvalue weighted by molar-refractivity contribution is -0.118. The number of aromatic nitrogens is 2. The Kier molecular flexibility index (Phi) is 6.02. The van der Waals surface area contributed by atoms with E-state index in [0.717, 1.165) is 11.1 Å². The fourth-order valence-corrected chi connectivity index (χ4v) is 2.34. The molecule has 0 saturated heterocycles. The minimum absolute atomic E-state index is 0.176. The van der Waals surface area contributed by atoms with Gasteiger partial charge in [0.05, 0.1) is 0 Å². The van der Waals surface area contributed by atoms with Crippen LogP contribution in [0.15, 0.2) is 65.6 Å². The van der Waals surface area contributed by atoms with Crippen LogP contribution in [0.2, 0.25) is 5.02 Å². The fourth-order valence-electron chi connectivity index (χ4n) is 2.22. The lowest BCUT2D eigenvalue weighted by Gasteiger charge is -2.07. The number of nitrogens with zero attached hydrogens (tertiary/aromatic N) is 1. The van der Waals surface area contributed by atoms with Gasteiger partial charge < -0.3 is 10.1 Å². The quantitative estimate of drug-likeness (QED) is 0.639. The van der Waals surface area contributed by atoms with E-state index in [1.54, 1.807) is 12.1 Å². The Balaban J connectivity index is 1.52. The Morgan fingerprint density at radius 1 is 1.04 bits per heavy atom. The van der Waals surface area contributed by atoms with E-state index in [4.69, 9.17) is 16.3 Å². The molecular formula is C20H16ClN3O3. The molecule has 0 unspecified atom stereocenters. The van der Waals surface area contributed by atoms with Crippen molar-refractivity contribution in [1.82, 2.24) is 9.97 Å². The van der Waals surface area contributed by atoms with Crippen molar-refractivity contribution in [2.75, 3.05) is 11.9 Å². The monoisotopic (exact) mass is 381 g/mol. The van der Waals surface area contributed by atoms with Crippen LogP contribution in [0.4, 0.5) is 5.82 Å². The van der Waals surface area contributed by atoms with Gasteiger partial charge in [0.25, 0.3) is 5.91 Å². The highest BCUT2D eigenvalue weighted by Gasteiger charge is 2.04. The second-order valence-electron chi connectivity index (χ2n) is 5.58. The molecule has 27 heavy (non-hydrogen) atoms. The summed E-state index contributed by atoms with van der Waals surface area (Å²) < 4.78 is 5.44. The first-order valence-electron chi connectivity index (χ1n) is 8.10. The van der Waals surface area contributed by atoms with Crippen LogP contribution in [0.3, 0.4) is 0 Å². The molecule has 3 rings (SSSR count). The van der Waals surface area contributed by atoms with Crippen molar-refractivity contribution in [3.8, 4) is 5.75 Å². The summed E-state index contributed by atoms with van der Waals surface area (Å²) in [5.41, 5.74) is 1.51. The molecule has 1 amide bonds. The van der Waals surface area contributed by atoms with Crippen molar-refractivity contribution in [2.45, 2.75) is 0 Å². The molecule has 0 bridgehead atoms. The molecule has 3 aromatic rings. The van der Waals surface area contributed by atoms with Crippen LogP contribution in [-0.4, -0.2) is 22.5 Å². The van der Waals surface area contributed by atoms with E-state index in [1.165, 1.54) is 12.3 Å². The number of carbonyl (C=O) groups is 1. The van der Waals surface area contributed by atoms with E-state index >= 15 is 0 Å². The summed E-state index contributed by atoms with van der Waals surface area (Å²) >= 11 is 5.87. The molecule has 2 aromatic carbocycles. The predicted molar refractivity (Wildman–Crippen MR) is 106 cm³/mol. The largest absolute Gasteiger partial charge is 0.484 e. The molecule has 0 aliphatic rings. The zero-order valence-electron chi connectivity index (χ0n) is 14.2. The number of hydrogen-bond donors (Lipinski definition) is 2. The highest BCUT2D eigenvalue weighted by atomic mass is 35.5. The number of hydrogen-bond acceptors (Lipinski definition) is 4. The van der Waals surface area contributed by atoms with Crippen molar-refractivity contribution in [3.63, 3.8) is 0 Å². The molecule has 0 atom stereocenters. The fraction of sp³-hybridized carbons (Fsp3) is 0.0500. The number of H-pyrrole nitrogens is 1. The second kappa shape index (κ2) is 8.82. The number of benzene rings is 2. The number of nitrogens with one attached hydrogen (secondary N) is 2. The van der Waals surface area contributed by atoms with Crippen LogP contribution in [0.1, 0.15) is 11.1 Å². The van der Waals surface area contributed by atoms with E-state index < -0.39 is 5.69 Å². The zero-order valence-corrected chi connectivity index (χ0v) is 14.9. The van der Waals surface area contributed by atoms with Gasteiger partial charge in [0.15, 0.2) is 6.61 Å². The predicted octanol–water partition coefficient (Wildman–Crippen LogP) is 3.61. The van der Waals surface area contributed by atoms with Crippen LogP contribution in [0.25, 0.3) is 12.2 Å². The number of halogens is 1. The third-order valence-electron chi connectivity index (χ3n) is 3.54. The standard InChI is InChI=1S/C20H16ClN3O3/c21-16-7-3-14(4-8-16)1-2-15-5-9-17(10-6-15)27-13-19(25)23-18-11-12-22-20(26)24-18/h1-12H,13H2,(H2,22,23,24,25,26)/b2-1+. The first kappa shape index (κ1) is 18.4. The highest BCUT2D eigenvalue weighted by molar-refractivity contribution is 6.30. The van der Waals surface area contributed by atoms with Crippen LogP contribution in [0.5, 0.6) is 5.75 Å². The Morgan fingerprint density at radius 3 is 2.30 bits per heavy atom. The number of amides is 1. The summed E-state index contributed by atoms with van der Waals surface area (Å²) in [6, 6.07) is 16.4. The lowest BCUT2D eigenvalue weighted by Crippen LogP contribution is -2.22. The van der Waals surface area contributed by atoms with Crippen LogP contribution >= 0.6 is 11.6 Å². The summed E-state index contributed by atoms with van der Waals surface area (Å²) in [4.78, 5) is 28.8. The van der Waals surface area contributed by atoms with Crippen molar-refractivity contribution in [2.24, 2.45) is 0 Å². The van der Waals surface area contributed by atoms with Crippen molar-refractivity contribution in [1.29, 1.82) is 0 Å². The maximum Gasteiger partial charge on any atom is 0.346 e. The summed E-state index contributed by atoms with van der Waals surface area (Å²) in [7, 11) is 0. The van der Waals surface area contributed by atoms with Gasteiger partial charge in [0.2, 0.25) is 0 Å². The SMILES string of the molecule is O=C(COc1ccc(/C=C/c2ccc(Cl)cc2)cc1)Nc1ccnc(=O)[nH]1. The molecular weight excluding hydrogens is 366 g/mol. The average molecular weight is 382 g/mol.